The van der Waals surface area contributed by atoms with E-state index < -0.39 is 0 Å². The molecule has 164 valence electrons. The lowest BCUT2D eigenvalue weighted by Crippen LogP contribution is -2.46. The normalized spacial score (nSPS) is 18.0. The van der Waals surface area contributed by atoms with E-state index in [2.05, 4.69) is 23.8 Å². The van der Waals surface area contributed by atoms with Gasteiger partial charge in [0, 0.05) is 51.5 Å². The van der Waals surface area contributed by atoms with Gasteiger partial charge < -0.3 is 19.3 Å². The molecule has 0 bridgehead atoms. The quantitative estimate of drug-likeness (QED) is 0.431. The average Bonchev–Trinajstić information content (AvgIpc) is 3.01. The first-order valence-electron chi connectivity index (χ1n) is 10.8. The molecule has 30 heavy (non-hydrogen) atoms. The summed E-state index contributed by atoms with van der Waals surface area (Å²) in [6, 6.07) is 7.41. The van der Waals surface area contributed by atoms with Gasteiger partial charge in [-0.3, -0.25) is 14.5 Å². The molecule has 2 aliphatic heterocycles. The first-order valence-corrected chi connectivity index (χ1v) is 10.8. The molecule has 0 atom stereocenters. The summed E-state index contributed by atoms with van der Waals surface area (Å²) < 4.78 is 11.1. The Bertz CT molecular complexity index is 784. The van der Waals surface area contributed by atoms with Crippen LogP contribution in [-0.4, -0.2) is 86.6 Å². The van der Waals surface area contributed by atoms with Gasteiger partial charge in [0.25, 0.3) is 11.8 Å². The lowest BCUT2D eigenvalue weighted by Gasteiger charge is -2.34. The first-order chi connectivity index (χ1) is 14.6. The summed E-state index contributed by atoms with van der Waals surface area (Å²) in [7, 11) is 3.65. The predicted octanol–water partition coefficient (Wildman–Crippen LogP) is 2.23. The van der Waals surface area contributed by atoms with Crippen LogP contribution in [0.1, 0.15) is 31.7 Å². The highest BCUT2D eigenvalue weighted by Crippen LogP contribution is 2.36. The van der Waals surface area contributed by atoms with Crippen molar-refractivity contribution in [1.82, 2.24) is 14.7 Å². The van der Waals surface area contributed by atoms with Crippen LogP contribution in [0.25, 0.3) is 5.57 Å². The molecular formula is C23H33N3O4. The van der Waals surface area contributed by atoms with Crippen molar-refractivity contribution in [2.45, 2.75) is 26.2 Å². The molecular weight excluding hydrogens is 382 g/mol. The third kappa shape index (κ3) is 4.84. The first kappa shape index (κ1) is 22.3. The Kier molecular flexibility index (Phi) is 7.87. The van der Waals surface area contributed by atoms with E-state index in [0.717, 1.165) is 45.6 Å². The molecule has 1 aromatic carbocycles. The predicted molar refractivity (Wildman–Crippen MR) is 116 cm³/mol. The van der Waals surface area contributed by atoms with Gasteiger partial charge in [0.2, 0.25) is 0 Å². The van der Waals surface area contributed by atoms with Crippen molar-refractivity contribution in [3.8, 4) is 5.75 Å². The van der Waals surface area contributed by atoms with E-state index in [1.54, 1.807) is 7.11 Å². The minimum atomic E-state index is -0.244. The molecule has 0 spiro atoms. The van der Waals surface area contributed by atoms with Crippen molar-refractivity contribution in [3.05, 3.63) is 35.5 Å². The number of para-hydroxylation sites is 1. The molecule has 1 aromatic rings. The number of amides is 2. The van der Waals surface area contributed by atoms with Crippen LogP contribution in [-0.2, 0) is 14.3 Å². The smallest absolute Gasteiger partial charge is 0.277 e. The van der Waals surface area contributed by atoms with Crippen LogP contribution in [0.5, 0.6) is 5.75 Å². The minimum absolute atomic E-state index is 0.209. The molecule has 0 N–H and O–H groups in total. The molecule has 1 fully saturated rings. The van der Waals surface area contributed by atoms with Crippen LogP contribution < -0.4 is 4.74 Å². The van der Waals surface area contributed by atoms with Crippen LogP contribution in [0.15, 0.2) is 30.0 Å². The third-order valence-corrected chi connectivity index (χ3v) is 5.65. The summed E-state index contributed by atoms with van der Waals surface area (Å²) in [6.07, 6.45) is 2.74. The highest BCUT2D eigenvalue weighted by molar-refractivity contribution is 6.36. The van der Waals surface area contributed by atoms with Gasteiger partial charge in [0.05, 0.1) is 12.7 Å². The maximum Gasteiger partial charge on any atom is 0.277 e. The number of imide groups is 1. The van der Waals surface area contributed by atoms with Gasteiger partial charge in [0.1, 0.15) is 11.4 Å². The standard InChI is InChI=1S/C23H33N3O4/c1-4-5-16-30-17-8-11-26-22(27)20(18-9-6-7-10-19(18)29-3)21(23(26)28)25-14-12-24(2)13-15-25/h6-7,9-10H,4-5,8,11-17H2,1-3H3. The van der Waals surface area contributed by atoms with Crippen molar-refractivity contribution in [2.24, 2.45) is 0 Å². The number of carbonyl (C=O) groups excluding carboxylic acids is 2. The fourth-order valence-electron chi connectivity index (χ4n) is 3.86. The molecule has 2 amide bonds. The SMILES string of the molecule is CCCCOCCCN1C(=O)C(c2ccccc2OC)=C(N2CCN(C)CC2)C1=O. The summed E-state index contributed by atoms with van der Waals surface area (Å²) in [5, 5.41) is 0. The molecule has 1 saturated heterocycles. The van der Waals surface area contributed by atoms with E-state index in [9.17, 15) is 9.59 Å². The second-order valence-corrected chi connectivity index (χ2v) is 7.80. The van der Waals surface area contributed by atoms with Crippen molar-refractivity contribution in [1.29, 1.82) is 0 Å². The Hall–Kier alpha value is -2.38. The highest BCUT2D eigenvalue weighted by Gasteiger charge is 2.42. The molecule has 0 saturated carbocycles. The van der Waals surface area contributed by atoms with Crippen molar-refractivity contribution < 1.29 is 19.1 Å². The Balaban J connectivity index is 1.84. The number of methoxy groups -OCH3 is 1. The van der Waals surface area contributed by atoms with E-state index in [1.807, 2.05) is 24.3 Å². The molecule has 7 heteroatoms. The number of benzene rings is 1. The van der Waals surface area contributed by atoms with E-state index >= 15 is 0 Å². The summed E-state index contributed by atoms with van der Waals surface area (Å²) in [4.78, 5) is 32.4. The van der Waals surface area contributed by atoms with E-state index in [0.29, 0.717) is 42.2 Å². The number of hydrogen-bond acceptors (Lipinski definition) is 6. The van der Waals surface area contributed by atoms with Gasteiger partial charge in [0.15, 0.2) is 0 Å². The molecule has 0 radical (unpaired) electrons. The molecule has 3 rings (SSSR count). The number of unbranched alkanes of at least 4 members (excludes halogenated alkanes) is 1. The monoisotopic (exact) mass is 415 g/mol. The van der Waals surface area contributed by atoms with Crippen molar-refractivity contribution in [3.63, 3.8) is 0 Å². The van der Waals surface area contributed by atoms with Crippen molar-refractivity contribution in [2.75, 3.05) is 60.1 Å². The molecule has 2 aliphatic rings. The fraction of sp³-hybridized carbons (Fsp3) is 0.565. The molecule has 0 aliphatic carbocycles. The van der Waals surface area contributed by atoms with Crippen LogP contribution in [0, 0.1) is 0 Å². The number of carbonyl (C=O) groups is 2. The van der Waals surface area contributed by atoms with E-state index in [4.69, 9.17) is 9.47 Å². The maximum absolute atomic E-state index is 13.4. The highest BCUT2D eigenvalue weighted by atomic mass is 16.5. The number of piperazine rings is 1. The molecule has 2 heterocycles. The zero-order valence-electron chi connectivity index (χ0n) is 18.4. The van der Waals surface area contributed by atoms with Gasteiger partial charge >= 0.3 is 0 Å². The zero-order valence-corrected chi connectivity index (χ0v) is 18.4. The third-order valence-electron chi connectivity index (χ3n) is 5.65. The summed E-state index contributed by atoms with van der Waals surface area (Å²) >= 11 is 0. The second kappa shape index (κ2) is 10.6. The van der Waals surface area contributed by atoms with E-state index in [-0.39, 0.29) is 11.8 Å². The Labute approximate surface area is 179 Å². The van der Waals surface area contributed by atoms with Crippen LogP contribution in [0.2, 0.25) is 0 Å². The Morgan fingerprint density at radius 2 is 1.67 bits per heavy atom. The number of nitrogens with zero attached hydrogens (tertiary/aromatic N) is 3. The summed E-state index contributed by atoms with van der Waals surface area (Å²) in [5.41, 5.74) is 1.63. The number of hydrogen-bond donors (Lipinski definition) is 0. The number of ether oxygens (including phenoxy) is 2. The number of rotatable bonds is 10. The van der Waals surface area contributed by atoms with Crippen molar-refractivity contribution >= 4 is 17.4 Å². The number of likely N-dealkylation sites (N-methyl/N-ethyl adjacent to an activating group) is 1. The molecule has 0 aromatic heterocycles. The van der Waals surface area contributed by atoms with Crippen LogP contribution in [0.3, 0.4) is 0 Å². The fourth-order valence-corrected chi connectivity index (χ4v) is 3.86. The van der Waals surface area contributed by atoms with E-state index in [1.165, 1.54) is 4.90 Å². The van der Waals surface area contributed by atoms with Crippen LogP contribution in [0.4, 0.5) is 0 Å². The Morgan fingerprint density at radius 1 is 0.967 bits per heavy atom. The lowest BCUT2D eigenvalue weighted by molar-refractivity contribution is -0.137. The molecule has 0 unspecified atom stereocenters. The Morgan fingerprint density at radius 3 is 2.37 bits per heavy atom. The van der Waals surface area contributed by atoms with Gasteiger partial charge in [-0.05, 0) is 26.0 Å². The van der Waals surface area contributed by atoms with Gasteiger partial charge in [-0.1, -0.05) is 31.5 Å². The lowest BCUT2D eigenvalue weighted by atomic mass is 10.0. The summed E-state index contributed by atoms with van der Waals surface area (Å²) in [5.74, 6) is 0.149. The van der Waals surface area contributed by atoms with Crippen LogP contribution >= 0.6 is 0 Å². The largest absolute Gasteiger partial charge is 0.496 e. The average molecular weight is 416 g/mol. The van der Waals surface area contributed by atoms with Gasteiger partial charge in [-0.2, -0.15) is 0 Å². The maximum atomic E-state index is 13.4. The summed E-state index contributed by atoms with van der Waals surface area (Å²) in [6.45, 7) is 6.90. The second-order valence-electron chi connectivity index (χ2n) is 7.80. The topological polar surface area (TPSA) is 62.3 Å². The van der Waals surface area contributed by atoms with Gasteiger partial charge in [-0.15, -0.1) is 0 Å². The zero-order chi connectivity index (χ0) is 21.5. The minimum Gasteiger partial charge on any atom is -0.496 e. The molecule has 7 nitrogen and oxygen atoms in total. The van der Waals surface area contributed by atoms with Gasteiger partial charge in [-0.25, -0.2) is 0 Å².